The molecule has 5 N–H and O–H groups in total. The van der Waals surface area contributed by atoms with Crippen LogP contribution in [-0.2, 0) is 42.9 Å². The quantitative estimate of drug-likeness (QED) is 0.0853. The summed E-state index contributed by atoms with van der Waals surface area (Å²) < 4.78 is 21.5. The molecular weight excluding hydrogens is 540 g/mol. The summed E-state index contributed by atoms with van der Waals surface area (Å²) in [5.74, 6) is -3.62. The number of Topliss-reactive ketones (excluding diaryl/α,β-unsaturated/α-hetero) is 1. The molecule has 13 heteroatoms. The number of carbonyl (C=O) groups is 4. The van der Waals surface area contributed by atoms with Crippen molar-refractivity contribution in [2.24, 2.45) is 11.7 Å². The van der Waals surface area contributed by atoms with Crippen molar-refractivity contribution in [1.82, 2.24) is 5.32 Å². The minimum atomic E-state index is -1.45. The van der Waals surface area contributed by atoms with E-state index in [9.17, 15) is 24.0 Å². The third kappa shape index (κ3) is 25.0. The third-order valence-corrected chi connectivity index (χ3v) is 6.16. The molecule has 41 heavy (non-hydrogen) atoms. The second-order valence-corrected chi connectivity index (χ2v) is 9.56. The summed E-state index contributed by atoms with van der Waals surface area (Å²) in [6.07, 6.45) is 9.85. The highest BCUT2D eigenvalue weighted by Crippen LogP contribution is 2.11. The Labute approximate surface area is 242 Å². The fourth-order valence-electron chi connectivity index (χ4n) is 3.80. The van der Waals surface area contributed by atoms with E-state index in [0.29, 0.717) is 52.6 Å². The maximum atomic E-state index is 12.0. The molecule has 0 aliphatic carbocycles. The molecule has 13 nitrogen and oxygen atoms in total. The number of unbranched alkanes of at least 4 members (excludes halogenated alkanes) is 7. The van der Waals surface area contributed by atoms with E-state index in [2.05, 4.69) is 5.32 Å². The Balaban J connectivity index is 3.41. The van der Waals surface area contributed by atoms with Crippen LogP contribution in [0.25, 0.3) is 0 Å². The number of ketones is 1. The number of nitrogens with two attached hydrogens (primary N) is 1. The minimum absolute atomic E-state index is 0.0226. The van der Waals surface area contributed by atoms with Gasteiger partial charge >= 0.3 is 11.9 Å². The van der Waals surface area contributed by atoms with E-state index in [0.717, 1.165) is 51.4 Å². The van der Waals surface area contributed by atoms with Gasteiger partial charge in [0, 0.05) is 32.2 Å². The zero-order valence-corrected chi connectivity index (χ0v) is 24.1. The molecule has 0 spiro atoms. The van der Waals surface area contributed by atoms with Crippen LogP contribution in [0.1, 0.15) is 77.0 Å². The van der Waals surface area contributed by atoms with Crippen LogP contribution in [-0.4, -0.2) is 106 Å². The zero-order chi connectivity index (χ0) is 30.6. The third-order valence-electron chi connectivity index (χ3n) is 6.16. The fraction of sp³-hybridized carbons (Fsp3) is 0.821. The van der Waals surface area contributed by atoms with Gasteiger partial charge in [-0.15, -0.1) is 0 Å². The maximum absolute atomic E-state index is 12.0. The Kier molecular flexibility index (Phi) is 26.1. The second kappa shape index (κ2) is 27.7. The van der Waals surface area contributed by atoms with Gasteiger partial charge < -0.3 is 40.2 Å². The molecule has 0 fully saturated rings. The highest BCUT2D eigenvalue weighted by Gasteiger charge is 2.30. The van der Waals surface area contributed by atoms with E-state index in [4.69, 9.17) is 34.9 Å². The van der Waals surface area contributed by atoms with E-state index in [-0.39, 0.29) is 38.4 Å². The van der Waals surface area contributed by atoms with Gasteiger partial charge in [-0.05, 0) is 12.8 Å². The first kappa shape index (κ1) is 38.5. The first-order valence-electron chi connectivity index (χ1n) is 14.4. The van der Waals surface area contributed by atoms with E-state index >= 15 is 0 Å². The molecule has 0 aliphatic rings. The van der Waals surface area contributed by atoms with Crippen LogP contribution in [0.3, 0.4) is 0 Å². The monoisotopic (exact) mass is 589 g/mol. The number of amides is 1. The van der Waals surface area contributed by atoms with Crippen LogP contribution in [0.15, 0.2) is 0 Å². The van der Waals surface area contributed by atoms with Gasteiger partial charge in [0.1, 0.15) is 11.8 Å². The van der Waals surface area contributed by atoms with Crippen LogP contribution >= 0.6 is 0 Å². The molecule has 0 aliphatic heterocycles. The van der Waals surface area contributed by atoms with Crippen LogP contribution in [0.5, 0.6) is 0 Å². The summed E-state index contributed by atoms with van der Waals surface area (Å²) in [6, 6.07) is -1.45. The summed E-state index contributed by atoms with van der Waals surface area (Å²) in [5, 5.41) is 20.3. The van der Waals surface area contributed by atoms with Crippen LogP contribution in [0.2, 0.25) is 0 Å². The lowest BCUT2D eigenvalue weighted by molar-refractivity contribution is -0.142. The van der Waals surface area contributed by atoms with Gasteiger partial charge in [0.05, 0.1) is 58.8 Å². The Hall–Kier alpha value is -2.45. The van der Waals surface area contributed by atoms with Crippen molar-refractivity contribution >= 4 is 29.9 Å². The van der Waals surface area contributed by atoms with Crippen LogP contribution < -0.4 is 11.1 Å². The maximum Gasteiger partial charge on any atom is 0.321 e. The SMILES string of the molecule is N[C@H](C(=O)O)C(C[C]=O)C(=O)CCOCCOCCOCCOCCNC(=O)CCCCCCCCCCC(=O)O. The predicted molar refractivity (Wildman–Crippen MR) is 149 cm³/mol. The second-order valence-electron chi connectivity index (χ2n) is 9.56. The van der Waals surface area contributed by atoms with Gasteiger partial charge in [-0.1, -0.05) is 38.5 Å². The van der Waals surface area contributed by atoms with Gasteiger partial charge in [0.2, 0.25) is 5.91 Å². The molecule has 1 radical (unpaired) electrons. The highest BCUT2D eigenvalue weighted by molar-refractivity contribution is 5.89. The number of hydrogen-bond donors (Lipinski definition) is 4. The van der Waals surface area contributed by atoms with Crippen LogP contribution in [0.4, 0.5) is 0 Å². The van der Waals surface area contributed by atoms with E-state index in [1.54, 1.807) is 0 Å². The first-order valence-corrected chi connectivity index (χ1v) is 14.4. The molecule has 0 aromatic carbocycles. The van der Waals surface area contributed by atoms with E-state index < -0.39 is 29.7 Å². The Morgan fingerprint density at radius 2 is 1.12 bits per heavy atom. The minimum Gasteiger partial charge on any atom is -0.481 e. The topological polar surface area (TPSA) is 201 Å². The molecule has 0 aromatic rings. The largest absolute Gasteiger partial charge is 0.481 e. The van der Waals surface area contributed by atoms with Gasteiger partial charge in [-0.25, -0.2) is 0 Å². The Morgan fingerprint density at radius 1 is 0.659 bits per heavy atom. The number of carboxylic acids is 2. The Morgan fingerprint density at radius 3 is 1.61 bits per heavy atom. The van der Waals surface area contributed by atoms with Crippen molar-refractivity contribution in [3.63, 3.8) is 0 Å². The van der Waals surface area contributed by atoms with E-state index in [1.807, 2.05) is 0 Å². The molecule has 0 heterocycles. The van der Waals surface area contributed by atoms with E-state index in [1.165, 1.54) is 6.29 Å². The summed E-state index contributed by atoms with van der Waals surface area (Å²) in [7, 11) is 0. The van der Waals surface area contributed by atoms with Crippen molar-refractivity contribution in [3.8, 4) is 0 Å². The van der Waals surface area contributed by atoms with Crippen molar-refractivity contribution in [2.75, 3.05) is 59.4 Å². The molecule has 0 rings (SSSR count). The number of carbonyl (C=O) groups excluding carboxylic acids is 3. The lowest BCUT2D eigenvalue weighted by Gasteiger charge is -2.16. The van der Waals surface area contributed by atoms with Gasteiger partial charge in [-0.2, -0.15) is 0 Å². The molecule has 237 valence electrons. The average molecular weight is 590 g/mol. The van der Waals surface area contributed by atoms with Crippen molar-refractivity contribution in [3.05, 3.63) is 0 Å². The van der Waals surface area contributed by atoms with Crippen molar-refractivity contribution in [1.29, 1.82) is 0 Å². The molecule has 0 saturated carbocycles. The highest BCUT2D eigenvalue weighted by atomic mass is 16.6. The molecule has 0 saturated heterocycles. The van der Waals surface area contributed by atoms with Crippen LogP contribution in [0, 0.1) is 5.92 Å². The number of carboxylic acid groups (broad SMARTS) is 2. The van der Waals surface area contributed by atoms with Crippen molar-refractivity contribution < 1.29 is 53.1 Å². The summed E-state index contributed by atoms with van der Waals surface area (Å²) in [6.45, 7) is 2.99. The Bertz CT molecular complexity index is 721. The lowest BCUT2D eigenvalue weighted by atomic mass is 9.91. The number of nitrogens with one attached hydrogen (secondary N) is 1. The summed E-state index contributed by atoms with van der Waals surface area (Å²) in [5.41, 5.74) is 5.45. The normalized spacial score (nSPS) is 12.5. The smallest absolute Gasteiger partial charge is 0.321 e. The number of aliphatic carboxylic acids is 2. The molecule has 1 unspecified atom stereocenters. The molecule has 0 bridgehead atoms. The summed E-state index contributed by atoms with van der Waals surface area (Å²) in [4.78, 5) is 55.8. The number of hydrogen-bond acceptors (Lipinski definition) is 10. The summed E-state index contributed by atoms with van der Waals surface area (Å²) >= 11 is 0. The fourth-order valence-corrected chi connectivity index (χ4v) is 3.80. The lowest BCUT2D eigenvalue weighted by Crippen LogP contribution is -2.42. The standard InChI is InChI=1S/C28H49N2O11/c29-27(28(36)37)23(11-14-31)24(32)12-15-38-17-19-40-21-22-41-20-18-39-16-13-30-25(33)9-7-5-3-1-2-4-6-8-10-26(34)35/h23,27H,1-13,15-22,29H2,(H,30,33)(H,34,35)(H,36,37)/t23?,27-/m0/s1. The zero-order valence-electron chi connectivity index (χ0n) is 24.1. The first-order chi connectivity index (χ1) is 19.8. The number of rotatable bonds is 31. The number of ether oxygens (including phenoxy) is 4. The molecule has 0 aromatic heterocycles. The average Bonchev–Trinajstić information content (AvgIpc) is 2.94. The van der Waals surface area contributed by atoms with Gasteiger partial charge in [0.25, 0.3) is 0 Å². The van der Waals surface area contributed by atoms with Crippen molar-refractivity contribution in [2.45, 2.75) is 83.1 Å². The van der Waals surface area contributed by atoms with Gasteiger partial charge in [-0.3, -0.25) is 24.0 Å². The molecule has 1 amide bonds. The molecule has 2 atom stereocenters. The van der Waals surface area contributed by atoms with Gasteiger partial charge in [0.15, 0.2) is 6.29 Å². The molecular formula is C28H49N2O11. The predicted octanol–water partition coefficient (Wildman–Crippen LogP) is 1.64.